The van der Waals surface area contributed by atoms with Gasteiger partial charge in [-0.05, 0) is 25.0 Å². The Morgan fingerprint density at radius 1 is 1.09 bits per heavy atom. The van der Waals surface area contributed by atoms with E-state index in [9.17, 15) is 9.59 Å². The number of anilines is 1. The quantitative estimate of drug-likeness (QED) is 0.885. The summed E-state index contributed by atoms with van der Waals surface area (Å²) in [5.74, 6) is 0.0416. The van der Waals surface area contributed by atoms with Gasteiger partial charge in [0.1, 0.15) is 0 Å². The number of carbonyl (C=O) groups excluding carboxylic acids is 2. The molecule has 3 amide bonds. The molecule has 0 saturated heterocycles. The van der Waals surface area contributed by atoms with Crippen molar-refractivity contribution in [2.24, 2.45) is 0 Å². The van der Waals surface area contributed by atoms with Crippen molar-refractivity contribution in [2.45, 2.75) is 18.8 Å². The molecule has 1 fully saturated rings. The summed E-state index contributed by atoms with van der Waals surface area (Å²) < 4.78 is 0. The highest BCUT2D eigenvalue weighted by Crippen LogP contribution is 2.38. The van der Waals surface area contributed by atoms with Crippen molar-refractivity contribution < 1.29 is 9.59 Å². The minimum atomic E-state index is -0.737. The molecule has 1 aliphatic carbocycles. The largest absolute Gasteiger partial charge is 0.327 e. The zero-order chi connectivity index (χ0) is 16.4. The maximum absolute atomic E-state index is 12.1. The maximum atomic E-state index is 12.1. The van der Waals surface area contributed by atoms with Crippen LogP contribution in [0.5, 0.6) is 0 Å². The van der Waals surface area contributed by atoms with Crippen LogP contribution in [0.3, 0.4) is 0 Å². The summed E-state index contributed by atoms with van der Waals surface area (Å²) in [5, 5.41) is 4.91. The molecule has 0 bridgehead atoms. The maximum Gasteiger partial charge on any atom is 0.327 e. The Kier molecular flexibility index (Phi) is 4.45. The minimum Gasteiger partial charge on any atom is -0.291 e. The van der Waals surface area contributed by atoms with Gasteiger partial charge in [0.15, 0.2) is 5.82 Å². The number of hydrogen-bond donors (Lipinski definition) is 2. The van der Waals surface area contributed by atoms with Crippen LogP contribution in [0.2, 0.25) is 10.0 Å². The van der Waals surface area contributed by atoms with Gasteiger partial charge in [-0.1, -0.05) is 29.3 Å². The van der Waals surface area contributed by atoms with Gasteiger partial charge in [-0.2, -0.15) is 0 Å². The number of hydrogen-bond acceptors (Lipinski definition) is 4. The average molecular weight is 351 g/mol. The lowest BCUT2D eigenvalue weighted by Crippen LogP contribution is -2.35. The SMILES string of the molecule is O=C(NC(=O)c1c(Cl)cccc1Cl)Nc1cnc(C2CC2)cn1. The van der Waals surface area contributed by atoms with Crippen LogP contribution in [0.25, 0.3) is 0 Å². The lowest BCUT2D eigenvalue weighted by atomic mass is 10.2. The Bertz CT molecular complexity index is 740. The van der Waals surface area contributed by atoms with Crippen LogP contribution in [0.1, 0.15) is 34.8 Å². The highest BCUT2D eigenvalue weighted by molar-refractivity contribution is 6.40. The topological polar surface area (TPSA) is 84.0 Å². The summed E-state index contributed by atoms with van der Waals surface area (Å²) in [4.78, 5) is 32.2. The third kappa shape index (κ3) is 3.78. The fourth-order valence-corrected chi connectivity index (χ4v) is 2.59. The summed E-state index contributed by atoms with van der Waals surface area (Å²) in [6.07, 6.45) is 5.32. The number of nitrogens with zero attached hydrogens (tertiary/aromatic N) is 2. The van der Waals surface area contributed by atoms with Gasteiger partial charge >= 0.3 is 6.03 Å². The highest BCUT2D eigenvalue weighted by Gasteiger charge is 2.25. The lowest BCUT2D eigenvalue weighted by Gasteiger charge is -2.08. The highest BCUT2D eigenvalue weighted by atomic mass is 35.5. The van der Waals surface area contributed by atoms with Crippen molar-refractivity contribution in [3.63, 3.8) is 0 Å². The third-order valence-corrected chi connectivity index (χ3v) is 3.96. The molecule has 118 valence electrons. The molecule has 8 heteroatoms. The van der Waals surface area contributed by atoms with E-state index in [2.05, 4.69) is 20.6 Å². The molecule has 1 saturated carbocycles. The summed E-state index contributed by atoms with van der Waals surface area (Å²) in [6.45, 7) is 0. The molecule has 23 heavy (non-hydrogen) atoms. The van der Waals surface area contributed by atoms with Crippen LogP contribution < -0.4 is 10.6 Å². The van der Waals surface area contributed by atoms with Gasteiger partial charge in [-0.15, -0.1) is 0 Å². The summed E-state index contributed by atoms with van der Waals surface area (Å²) in [6, 6.07) is 3.91. The minimum absolute atomic E-state index is 0.0427. The van der Waals surface area contributed by atoms with Crippen LogP contribution in [-0.2, 0) is 0 Å². The molecule has 1 aromatic carbocycles. The number of carbonyl (C=O) groups is 2. The lowest BCUT2D eigenvalue weighted by molar-refractivity contribution is 0.0967. The fourth-order valence-electron chi connectivity index (χ4n) is 2.02. The number of rotatable bonds is 3. The van der Waals surface area contributed by atoms with Crippen LogP contribution in [0.15, 0.2) is 30.6 Å². The number of urea groups is 1. The van der Waals surface area contributed by atoms with Crippen molar-refractivity contribution in [1.29, 1.82) is 0 Å². The second-order valence-corrected chi connectivity index (χ2v) is 5.92. The van der Waals surface area contributed by atoms with Gasteiger partial charge in [-0.3, -0.25) is 20.4 Å². The molecule has 6 nitrogen and oxygen atoms in total. The number of aromatic nitrogens is 2. The first kappa shape index (κ1) is 15.7. The summed E-state index contributed by atoms with van der Waals surface area (Å²) >= 11 is 11.8. The first-order valence-electron chi connectivity index (χ1n) is 6.93. The summed E-state index contributed by atoms with van der Waals surface area (Å²) in [5.41, 5.74) is 0.955. The Labute approximate surface area is 142 Å². The van der Waals surface area contributed by atoms with E-state index in [1.165, 1.54) is 18.3 Å². The molecule has 1 heterocycles. The van der Waals surface area contributed by atoms with E-state index in [0.29, 0.717) is 5.92 Å². The van der Waals surface area contributed by atoms with E-state index in [0.717, 1.165) is 18.5 Å². The molecule has 0 unspecified atom stereocenters. The van der Waals surface area contributed by atoms with Crippen LogP contribution in [-0.4, -0.2) is 21.9 Å². The van der Waals surface area contributed by atoms with Gasteiger partial charge in [0.05, 0.1) is 33.7 Å². The Morgan fingerprint density at radius 2 is 1.78 bits per heavy atom. The molecule has 2 aromatic rings. The van der Waals surface area contributed by atoms with E-state index in [4.69, 9.17) is 23.2 Å². The van der Waals surface area contributed by atoms with E-state index in [1.54, 1.807) is 12.3 Å². The Balaban J connectivity index is 1.63. The predicted molar refractivity (Wildman–Crippen MR) is 87.0 cm³/mol. The van der Waals surface area contributed by atoms with Gasteiger partial charge < -0.3 is 0 Å². The molecule has 3 rings (SSSR count). The zero-order valence-electron chi connectivity index (χ0n) is 11.8. The number of amides is 3. The molecule has 0 aliphatic heterocycles. The molecule has 1 aliphatic rings. The molecule has 1 aromatic heterocycles. The second kappa shape index (κ2) is 6.52. The van der Waals surface area contributed by atoms with Crippen LogP contribution in [0, 0.1) is 0 Å². The van der Waals surface area contributed by atoms with Gasteiger partial charge in [0, 0.05) is 5.92 Å². The van der Waals surface area contributed by atoms with E-state index >= 15 is 0 Å². The first-order chi connectivity index (χ1) is 11.0. The van der Waals surface area contributed by atoms with Crippen molar-refractivity contribution in [2.75, 3.05) is 5.32 Å². The van der Waals surface area contributed by atoms with Crippen molar-refractivity contribution in [3.05, 3.63) is 51.9 Å². The van der Waals surface area contributed by atoms with Crippen molar-refractivity contribution in [3.8, 4) is 0 Å². The van der Waals surface area contributed by atoms with Crippen molar-refractivity contribution >= 4 is 41.0 Å². The Hall–Kier alpha value is -2.18. The molecule has 0 radical (unpaired) electrons. The molecular formula is C15H12Cl2N4O2. The average Bonchev–Trinajstić information content (AvgIpc) is 3.32. The Morgan fingerprint density at radius 3 is 2.35 bits per heavy atom. The number of imide groups is 1. The zero-order valence-corrected chi connectivity index (χ0v) is 13.4. The smallest absolute Gasteiger partial charge is 0.291 e. The van der Waals surface area contributed by atoms with E-state index in [1.807, 2.05) is 0 Å². The van der Waals surface area contributed by atoms with E-state index < -0.39 is 11.9 Å². The molecular weight excluding hydrogens is 339 g/mol. The normalized spacial score (nSPS) is 13.5. The standard InChI is InChI=1S/C15H12Cl2N4O2/c16-9-2-1-3-10(17)13(9)14(22)21-15(23)20-12-7-18-11(6-19-12)8-4-5-8/h1-3,6-8H,4-5H2,(H2,19,20,21,22,23). The molecule has 0 spiro atoms. The first-order valence-corrected chi connectivity index (χ1v) is 7.68. The third-order valence-electron chi connectivity index (χ3n) is 3.33. The fraction of sp³-hybridized carbons (Fsp3) is 0.200. The van der Waals surface area contributed by atoms with Gasteiger partial charge in [0.2, 0.25) is 0 Å². The van der Waals surface area contributed by atoms with Crippen LogP contribution >= 0.6 is 23.2 Å². The van der Waals surface area contributed by atoms with Gasteiger partial charge in [-0.25, -0.2) is 9.78 Å². The monoisotopic (exact) mass is 350 g/mol. The molecule has 0 atom stereocenters. The van der Waals surface area contributed by atoms with Gasteiger partial charge in [0.25, 0.3) is 5.91 Å². The van der Waals surface area contributed by atoms with E-state index in [-0.39, 0.29) is 21.4 Å². The number of halogens is 2. The molecule has 2 N–H and O–H groups in total. The van der Waals surface area contributed by atoms with Crippen molar-refractivity contribution in [1.82, 2.24) is 15.3 Å². The number of nitrogens with one attached hydrogen (secondary N) is 2. The summed E-state index contributed by atoms with van der Waals surface area (Å²) in [7, 11) is 0. The number of benzene rings is 1. The predicted octanol–water partition coefficient (Wildman–Crippen LogP) is 3.62. The van der Waals surface area contributed by atoms with Crippen LogP contribution in [0.4, 0.5) is 10.6 Å². The second-order valence-electron chi connectivity index (χ2n) is 5.11.